The zero-order valence-corrected chi connectivity index (χ0v) is 16.3. The van der Waals surface area contributed by atoms with Gasteiger partial charge in [0.1, 0.15) is 36.6 Å². The minimum atomic E-state index is -0.594. The summed E-state index contributed by atoms with van der Waals surface area (Å²) in [6.07, 6.45) is 0.238. The largest absolute Gasteiger partial charge is 0.508 e. The summed E-state index contributed by atoms with van der Waals surface area (Å²) >= 11 is 0. The number of rotatable bonds is 11. The molecule has 29 heavy (non-hydrogen) atoms. The monoisotopic (exact) mass is 393 g/mol. The van der Waals surface area contributed by atoms with Crippen LogP contribution in [0.25, 0.3) is 0 Å². The number of phenols is 1. The Morgan fingerprint density at radius 3 is 2.10 bits per heavy atom. The van der Waals surface area contributed by atoms with E-state index in [0.717, 1.165) is 29.8 Å². The average molecular weight is 393 g/mol. The number of hydrogen-bond acceptors (Lipinski definition) is 5. The third kappa shape index (κ3) is 7.49. The van der Waals surface area contributed by atoms with Crippen LogP contribution < -0.4 is 14.8 Å². The summed E-state index contributed by atoms with van der Waals surface area (Å²) in [5.74, 6) is 1.74. The van der Waals surface area contributed by atoms with E-state index in [-0.39, 0.29) is 12.4 Å². The maximum atomic E-state index is 10.1. The summed E-state index contributed by atoms with van der Waals surface area (Å²) < 4.78 is 11.4. The van der Waals surface area contributed by atoms with Gasteiger partial charge in [0.05, 0.1) is 0 Å². The number of phenolic OH excluding ortho intramolecular Hbond substituents is 1. The predicted octanol–water partition coefficient (Wildman–Crippen LogP) is 3.54. The Hall–Kier alpha value is -3.02. The van der Waals surface area contributed by atoms with Gasteiger partial charge in [0.15, 0.2) is 0 Å². The lowest BCUT2D eigenvalue weighted by Gasteiger charge is -2.14. The van der Waals surface area contributed by atoms with E-state index in [4.69, 9.17) is 9.47 Å². The third-order valence-corrected chi connectivity index (χ3v) is 4.42. The first kappa shape index (κ1) is 20.7. The van der Waals surface area contributed by atoms with Crippen molar-refractivity contribution in [2.75, 3.05) is 19.7 Å². The summed E-state index contributed by atoms with van der Waals surface area (Å²) in [6.45, 7) is 1.94. The molecule has 3 N–H and O–H groups in total. The van der Waals surface area contributed by atoms with Crippen LogP contribution in [0.2, 0.25) is 0 Å². The highest BCUT2D eigenvalue weighted by molar-refractivity contribution is 5.31. The molecule has 3 aromatic rings. The smallest absolute Gasteiger partial charge is 0.120 e. The lowest BCUT2D eigenvalue weighted by Crippen LogP contribution is -2.32. The lowest BCUT2D eigenvalue weighted by atomic mass is 10.1. The Kier molecular flexibility index (Phi) is 7.92. The Balaban J connectivity index is 1.31. The first-order chi connectivity index (χ1) is 14.2. The summed E-state index contributed by atoms with van der Waals surface area (Å²) in [5.41, 5.74) is 2.25. The van der Waals surface area contributed by atoms with Crippen molar-refractivity contribution in [3.63, 3.8) is 0 Å². The molecule has 5 heteroatoms. The molecule has 0 aliphatic carbocycles. The average Bonchev–Trinajstić information content (AvgIpc) is 2.76. The summed E-state index contributed by atoms with van der Waals surface area (Å²) in [6, 6.07) is 24.5. The van der Waals surface area contributed by atoms with Gasteiger partial charge >= 0.3 is 0 Å². The van der Waals surface area contributed by atoms with E-state index in [1.165, 1.54) is 0 Å². The Morgan fingerprint density at radius 2 is 1.41 bits per heavy atom. The highest BCUT2D eigenvalue weighted by atomic mass is 16.5. The Morgan fingerprint density at radius 1 is 0.759 bits per heavy atom. The van der Waals surface area contributed by atoms with E-state index in [9.17, 15) is 10.2 Å². The second-order valence-electron chi connectivity index (χ2n) is 6.83. The van der Waals surface area contributed by atoms with Crippen molar-refractivity contribution in [1.82, 2.24) is 5.32 Å². The van der Waals surface area contributed by atoms with Crippen molar-refractivity contribution < 1.29 is 19.7 Å². The zero-order chi connectivity index (χ0) is 20.3. The van der Waals surface area contributed by atoms with Gasteiger partial charge in [0.25, 0.3) is 0 Å². The van der Waals surface area contributed by atoms with Crippen molar-refractivity contribution in [2.45, 2.75) is 19.1 Å². The van der Waals surface area contributed by atoms with Gasteiger partial charge in [-0.05, 0) is 60.5 Å². The molecule has 0 radical (unpaired) electrons. The Labute approximate surface area is 171 Å². The molecule has 3 rings (SSSR count). The normalized spacial score (nSPS) is 11.8. The number of aliphatic hydroxyl groups is 1. The van der Waals surface area contributed by atoms with Crippen LogP contribution in [0.5, 0.6) is 17.2 Å². The molecule has 0 unspecified atom stereocenters. The molecule has 5 nitrogen and oxygen atoms in total. The molecule has 0 aliphatic rings. The molecular weight excluding hydrogens is 366 g/mol. The van der Waals surface area contributed by atoms with Crippen LogP contribution in [0.3, 0.4) is 0 Å². The van der Waals surface area contributed by atoms with Gasteiger partial charge in [-0.2, -0.15) is 0 Å². The van der Waals surface area contributed by atoms with E-state index < -0.39 is 6.10 Å². The molecule has 1 atom stereocenters. The summed E-state index contributed by atoms with van der Waals surface area (Å²) in [4.78, 5) is 0. The summed E-state index contributed by atoms with van der Waals surface area (Å²) in [5, 5.41) is 22.6. The number of aliphatic hydroxyl groups excluding tert-OH is 1. The fourth-order valence-corrected chi connectivity index (χ4v) is 2.79. The molecule has 0 spiro atoms. The van der Waals surface area contributed by atoms with Crippen LogP contribution in [0.4, 0.5) is 0 Å². The first-order valence-electron chi connectivity index (χ1n) is 9.75. The number of nitrogens with one attached hydrogen (secondary N) is 1. The topological polar surface area (TPSA) is 71.0 Å². The van der Waals surface area contributed by atoms with E-state index in [2.05, 4.69) is 5.32 Å². The number of benzene rings is 3. The highest BCUT2D eigenvalue weighted by Gasteiger charge is 2.05. The van der Waals surface area contributed by atoms with Crippen molar-refractivity contribution in [2.24, 2.45) is 0 Å². The van der Waals surface area contributed by atoms with Crippen molar-refractivity contribution in [3.8, 4) is 17.2 Å². The van der Waals surface area contributed by atoms with Crippen LogP contribution in [0, 0.1) is 0 Å². The second kappa shape index (κ2) is 11.1. The minimum Gasteiger partial charge on any atom is -0.508 e. The fourth-order valence-electron chi connectivity index (χ4n) is 2.79. The molecule has 0 heterocycles. The molecule has 0 fully saturated rings. The first-order valence-corrected chi connectivity index (χ1v) is 9.75. The van der Waals surface area contributed by atoms with Gasteiger partial charge in [-0.25, -0.2) is 0 Å². The van der Waals surface area contributed by atoms with E-state index >= 15 is 0 Å². The third-order valence-electron chi connectivity index (χ3n) is 4.42. The molecule has 0 aromatic heterocycles. The SMILES string of the molecule is Oc1ccc(CCNC[C@H](O)COc2ccc(OCc3ccccc3)cc2)cc1. The minimum absolute atomic E-state index is 0.219. The molecule has 3 aromatic carbocycles. The highest BCUT2D eigenvalue weighted by Crippen LogP contribution is 2.19. The zero-order valence-electron chi connectivity index (χ0n) is 16.3. The van der Waals surface area contributed by atoms with Crippen molar-refractivity contribution >= 4 is 0 Å². The molecule has 0 saturated heterocycles. The fraction of sp³-hybridized carbons (Fsp3) is 0.250. The standard InChI is InChI=1S/C24H27NO4/c26-21-8-6-19(7-9-21)14-15-25-16-22(27)18-29-24-12-10-23(11-13-24)28-17-20-4-2-1-3-5-20/h1-13,22,25-27H,14-18H2/t22-/m0/s1. The molecule has 152 valence electrons. The van der Waals surface area contributed by atoms with Crippen LogP contribution in [0.15, 0.2) is 78.9 Å². The quantitative estimate of drug-likeness (QED) is 0.435. The van der Waals surface area contributed by atoms with Gasteiger partial charge in [-0.1, -0.05) is 42.5 Å². The van der Waals surface area contributed by atoms with E-state index in [1.807, 2.05) is 66.7 Å². The predicted molar refractivity (Wildman–Crippen MR) is 113 cm³/mol. The molecule has 0 bridgehead atoms. The van der Waals surface area contributed by atoms with Gasteiger partial charge in [-0.15, -0.1) is 0 Å². The number of hydrogen-bond donors (Lipinski definition) is 3. The van der Waals surface area contributed by atoms with E-state index in [0.29, 0.717) is 18.9 Å². The Bertz CT molecular complexity index is 835. The number of ether oxygens (including phenoxy) is 2. The van der Waals surface area contributed by atoms with Crippen molar-refractivity contribution in [3.05, 3.63) is 90.0 Å². The maximum absolute atomic E-state index is 10.1. The van der Waals surface area contributed by atoms with Crippen LogP contribution >= 0.6 is 0 Å². The molecule has 0 amide bonds. The van der Waals surface area contributed by atoms with Gasteiger partial charge in [0.2, 0.25) is 0 Å². The van der Waals surface area contributed by atoms with Crippen molar-refractivity contribution in [1.29, 1.82) is 0 Å². The van der Waals surface area contributed by atoms with E-state index in [1.54, 1.807) is 12.1 Å². The maximum Gasteiger partial charge on any atom is 0.120 e. The molecular formula is C24H27NO4. The van der Waals surface area contributed by atoms with Crippen LogP contribution in [-0.2, 0) is 13.0 Å². The van der Waals surface area contributed by atoms with Gasteiger partial charge in [0, 0.05) is 6.54 Å². The molecule has 0 aliphatic heterocycles. The number of aromatic hydroxyl groups is 1. The van der Waals surface area contributed by atoms with Gasteiger partial charge < -0.3 is 25.0 Å². The van der Waals surface area contributed by atoms with Crippen LogP contribution in [-0.4, -0.2) is 36.0 Å². The van der Waals surface area contributed by atoms with Crippen LogP contribution in [0.1, 0.15) is 11.1 Å². The van der Waals surface area contributed by atoms with Gasteiger partial charge in [-0.3, -0.25) is 0 Å². The summed E-state index contributed by atoms with van der Waals surface area (Å²) in [7, 11) is 0. The second-order valence-corrected chi connectivity index (χ2v) is 6.83. The molecule has 0 saturated carbocycles. The lowest BCUT2D eigenvalue weighted by molar-refractivity contribution is 0.106.